The molecule has 10 heteroatoms. The average molecular weight is 450 g/mol. The average Bonchev–Trinajstić information content (AvgIpc) is 3.42. The van der Waals surface area contributed by atoms with Crippen LogP contribution in [0.5, 0.6) is 0 Å². The van der Waals surface area contributed by atoms with Crippen molar-refractivity contribution < 1.29 is 18.0 Å². The van der Waals surface area contributed by atoms with Crippen LogP contribution in [0.25, 0.3) is 0 Å². The second-order valence-corrected chi connectivity index (χ2v) is 8.66. The normalized spacial score (nSPS) is 19.6. The molecule has 0 bridgehead atoms. The number of hydrogen-bond acceptors (Lipinski definition) is 5. The number of thiazole rings is 1. The van der Waals surface area contributed by atoms with Gasteiger partial charge in [0.05, 0.1) is 23.4 Å². The molecule has 0 spiro atoms. The Morgan fingerprint density at radius 3 is 2.81 bits per heavy atom. The van der Waals surface area contributed by atoms with Crippen molar-refractivity contribution in [1.29, 1.82) is 0 Å². The van der Waals surface area contributed by atoms with Crippen molar-refractivity contribution in [2.24, 2.45) is 13.0 Å². The highest BCUT2D eigenvalue weighted by Crippen LogP contribution is 2.39. The number of likely N-dealkylation sites (tertiary alicyclic amines) is 1. The molecular formula is C21H22F3N5OS. The van der Waals surface area contributed by atoms with E-state index in [4.69, 9.17) is 0 Å². The van der Waals surface area contributed by atoms with E-state index in [0.717, 1.165) is 17.3 Å². The van der Waals surface area contributed by atoms with Crippen molar-refractivity contribution in [2.45, 2.75) is 32.1 Å². The highest BCUT2D eigenvalue weighted by molar-refractivity contribution is 7.13. The molecule has 6 nitrogen and oxygen atoms in total. The van der Waals surface area contributed by atoms with Gasteiger partial charge in [0.25, 0.3) is 0 Å². The van der Waals surface area contributed by atoms with Gasteiger partial charge in [-0.25, -0.2) is 4.98 Å². The van der Waals surface area contributed by atoms with Crippen LogP contribution in [-0.2, 0) is 24.6 Å². The largest absolute Gasteiger partial charge is 0.416 e. The molecule has 1 aromatic carbocycles. The minimum atomic E-state index is -4.41. The van der Waals surface area contributed by atoms with E-state index >= 15 is 0 Å². The van der Waals surface area contributed by atoms with Gasteiger partial charge in [-0.05, 0) is 31.0 Å². The Bertz CT molecular complexity index is 1080. The number of amides is 1. The number of halogens is 3. The zero-order valence-corrected chi connectivity index (χ0v) is 17.9. The third-order valence-electron chi connectivity index (χ3n) is 5.37. The van der Waals surface area contributed by atoms with Crippen molar-refractivity contribution in [3.63, 3.8) is 0 Å². The molecule has 1 aliphatic rings. The van der Waals surface area contributed by atoms with Crippen LogP contribution >= 0.6 is 11.3 Å². The lowest BCUT2D eigenvalue weighted by molar-refractivity contribution is -0.137. The fraction of sp³-hybridized carbons (Fsp3) is 0.381. The van der Waals surface area contributed by atoms with E-state index in [1.807, 2.05) is 30.4 Å². The summed E-state index contributed by atoms with van der Waals surface area (Å²) in [4.78, 5) is 19.2. The van der Waals surface area contributed by atoms with E-state index in [1.54, 1.807) is 16.9 Å². The van der Waals surface area contributed by atoms with Gasteiger partial charge in [-0.1, -0.05) is 12.1 Å². The first-order valence-corrected chi connectivity index (χ1v) is 10.7. The molecule has 0 saturated carbocycles. The van der Waals surface area contributed by atoms with E-state index in [9.17, 15) is 18.0 Å². The maximum Gasteiger partial charge on any atom is 0.416 e. The van der Waals surface area contributed by atoms with Crippen molar-refractivity contribution in [3.8, 4) is 0 Å². The van der Waals surface area contributed by atoms with Gasteiger partial charge >= 0.3 is 6.18 Å². The van der Waals surface area contributed by atoms with Crippen molar-refractivity contribution in [1.82, 2.24) is 19.7 Å². The van der Waals surface area contributed by atoms with E-state index in [1.165, 1.54) is 23.5 Å². The first kappa shape index (κ1) is 21.5. The van der Waals surface area contributed by atoms with E-state index in [0.29, 0.717) is 30.2 Å². The summed E-state index contributed by atoms with van der Waals surface area (Å²) < 4.78 is 41.4. The lowest BCUT2D eigenvalue weighted by atomic mass is 9.97. The monoisotopic (exact) mass is 449 g/mol. The molecule has 3 aromatic rings. The molecule has 1 aliphatic heterocycles. The minimum absolute atomic E-state index is 0.167. The molecule has 2 aromatic heterocycles. The summed E-state index contributed by atoms with van der Waals surface area (Å²) in [5.74, 6) is -0.527. The zero-order valence-electron chi connectivity index (χ0n) is 17.1. The molecule has 1 saturated heterocycles. The summed E-state index contributed by atoms with van der Waals surface area (Å²) in [6.07, 6.45) is -0.385. The quantitative estimate of drug-likeness (QED) is 0.627. The van der Waals surface area contributed by atoms with Crippen molar-refractivity contribution in [2.75, 3.05) is 11.9 Å². The molecule has 1 fully saturated rings. The number of aryl methyl sites for hydroxylation is 2. The van der Waals surface area contributed by atoms with Gasteiger partial charge in [-0.15, -0.1) is 11.3 Å². The summed E-state index contributed by atoms with van der Waals surface area (Å²) >= 11 is 1.35. The highest BCUT2D eigenvalue weighted by Gasteiger charge is 2.38. The highest BCUT2D eigenvalue weighted by atomic mass is 32.1. The first-order valence-electron chi connectivity index (χ1n) is 9.81. The lowest BCUT2D eigenvalue weighted by Gasteiger charge is -2.24. The number of carbonyl (C=O) groups is 1. The van der Waals surface area contributed by atoms with Crippen molar-refractivity contribution in [3.05, 3.63) is 64.4 Å². The number of benzene rings is 1. The fourth-order valence-corrected chi connectivity index (χ4v) is 4.64. The van der Waals surface area contributed by atoms with Crippen LogP contribution in [-0.4, -0.2) is 32.1 Å². The lowest BCUT2D eigenvalue weighted by Crippen LogP contribution is -2.27. The van der Waals surface area contributed by atoms with Gasteiger partial charge in [0.15, 0.2) is 5.13 Å². The molecule has 4 rings (SSSR count). The van der Waals surface area contributed by atoms with Crippen LogP contribution in [0.15, 0.2) is 42.0 Å². The fourth-order valence-electron chi connectivity index (χ4n) is 3.94. The standard InChI is InChI=1S/C21H22F3N5OS/c1-13-12-31-20(26-13)27-19(30)16-7-18(15-4-3-5-17(6-15)21(22,23)24)29(11-16)10-14-8-25-28(2)9-14/h3-6,8-9,12,16,18H,7,10-11H2,1-2H3,(H,26,27,30)/t16-,18+/m1/s1. The third-order valence-corrected chi connectivity index (χ3v) is 6.24. The molecule has 1 amide bonds. The SMILES string of the molecule is Cc1csc(NC(=O)[C@@H]2C[C@@H](c3cccc(C(F)(F)F)c3)N(Cc3cnn(C)c3)C2)n1. The van der Waals surface area contributed by atoms with Gasteiger partial charge in [0.2, 0.25) is 5.91 Å². The van der Waals surface area contributed by atoms with Crippen molar-refractivity contribution >= 4 is 22.4 Å². The number of rotatable bonds is 5. The number of aromatic nitrogens is 3. The van der Waals surface area contributed by atoms with Gasteiger partial charge in [0.1, 0.15) is 0 Å². The second-order valence-electron chi connectivity index (χ2n) is 7.81. The van der Waals surface area contributed by atoms with Crippen LogP contribution in [0.3, 0.4) is 0 Å². The predicted molar refractivity (Wildman–Crippen MR) is 111 cm³/mol. The Labute approximate surface area is 181 Å². The van der Waals surface area contributed by atoms with E-state index in [-0.39, 0.29) is 17.9 Å². The Morgan fingerprint density at radius 2 is 2.16 bits per heavy atom. The Kier molecular flexibility index (Phi) is 5.85. The molecule has 0 aliphatic carbocycles. The second kappa shape index (κ2) is 8.43. The Balaban J connectivity index is 1.58. The maximum absolute atomic E-state index is 13.3. The van der Waals surface area contributed by atoms with Crippen LogP contribution in [0.1, 0.15) is 34.8 Å². The summed E-state index contributed by atoms with van der Waals surface area (Å²) in [5.41, 5.74) is 1.64. The molecule has 164 valence electrons. The first-order chi connectivity index (χ1) is 14.7. The predicted octanol–water partition coefficient (Wildman–Crippen LogP) is 4.41. The van der Waals surface area contributed by atoms with Crippen LogP contribution in [0.4, 0.5) is 18.3 Å². The zero-order chi connectivity index (χ0) is 22.2. The van der Waals surface area contributed by atoms with Crippen LogP contribution in [0, 0.1) is 12.8 Å². The number of anilines is 1. The minimum Gasteiger partial charge on any atom is -0.302 e. The summed E-state index contributed by atoms with van der Waals surface area (Å²) in [6, 6.07) is 5.06. The smallest absolute Gasteiger partial charge is 0.302 e. The summed E-state index contributed by atoms with van der Waals surface area (Å²) in [5, 5.41) is 9.40. The van der Waals surface area contributed by atoms with Gasteiger partial charge in [0, 0.05) is 43.3 Å². The molecule has 1 N–H and O–H groups in total. The Hall–Kier alpha value is -2.72. The van der Waals surface area contributed by atoms with Crippen LogP contribution in [0.2, 0.25) is 0 Å². The van der Waals surface area contributed by atoms with E-state index < -0.39 is 11.7 Å². The maximum atomic E-state index is 13.3. The molecular weight excluding hydrogens is 427 g/mol. The number of carbonyl (C=O) groups excluding carboxylic acids is 1. The number of hydrogen-bond donors (Lipinski definition) is 1. The number of nitrogens with one attached hydrogen (secondary N) is 1. The molecule has 0 unspecified atom stereocenters. The third kappa shape index (κ3) is 4.96. The van der Waals surface area contributed by atoms with Crippen LogP contribution < -0.4 is 5.32 Å². The number of alkyl halides is 3. The molecule has 0 radical (unpaired) electrons. The summed E-state index contributed by atoms with van der Waals surface area (Å²) in [6.45, 7) is 2.78. The summed E-state index contributed by atoms with van der Waals surface area (Å²) in [7, 11) is 1.81. The van der Waals surface area contributed by atoms with Gasteiger partial charge in [-0.3, -0.25) is 14.4 Å². The van der Waals surface area contributed by atoms with Gasteiger partial charge in [-0.2, -0.15) is 18.3 Å². The number of nitrogens with zero attached hydrogens (tertiary/aromatic N) is 4. The van der Waals surface area contributed by atoms with E-state index in [2.05, 4.69) is 15.4 Å². The molecule has 3 heterocycles. The molecule has 2 atom stereocenters. The molecule has 31 heavy (non-hydrogen) atoms. The Morgan fingerprint density at radius 1 is 1.35 bits per heavy atom. The van der Waals surface area contributed by atoms with Gasteiger partial charge < -0.3 is 5.32 Å². The topological polar surface area (TPSA) is 63.1 Å².